The predicted molar refractivity (Wildman–Crippen MR) is 76.4 cm³/mol. The number of aliphatic carboxylic acids is 1. The minimum atomic E-state index is -0.681. The van der Waals surface area contributed by atoms with Gasteiger partial charge in [-0.05, 0) is 39.5 Å². The molecule has 0 aromatic rings. The lowest BCUT2D eigenvalue weighted by Gasteiger charge is -2.31. The van der Waals surface area contributed by atoms with Crippen LogP contribution in [0.2, 0.25) is 0 Å². The largest absolute Gasteiger partial charge is 0.481 e. The van der Waals surface area contributed by atoms with Crippen LogP contribution in [0.25, 0.3) is 0 Å². The number of likely N-dealkylation sites (tertiary alicyclic amines) is 1. The van der Waals surface area contributed by atoms with Gasteiger partial charge in [0, 0.05) is 26.2 Å². The fourth-order valence-corrected chi connectivity index (χ4v) is 3.68. The molecule has 5 heteroatoms. The molecule has 0 radical (unpaired) electrons. The van der Waals surface area contributed by atoms with E-state index in [0.29, 0.717) is 6.54 Å². The first-order valence-electron chi connectivity index (χ1n) is 7.53. The molecule has 1 N–H and O–H groups in total. The smallest absolute Gasteiger partial charge is 0.311 e. The highest BCUT2D eigenvalue weighted by Crippen LogP contribution is 2.49. The maximum Gasteiger partial charge on any atom is 0.311 e. The third-order valence-corrected chi connectivity index (χ3v) is 5.35. The van der Waals surface area contributed by atoms with Gasteiger partial charge in [-0.15, -0.1) is 0 Å². The quantitative estimate of drug-likeness (QED) is 0.847. The lowest BCUT2D eigenvalue weighted by molar-refractivity contribution is -0.150. The first-order valence-corrected chi connectivity index (χ1v) is 7.53. The van der Waals surface area contributed by atoms with Crippen molar-refractivity contribution in [3.63, 3.8) is 0 Å². The predicted octanol–water partition coefficient (Wildman–Crippen LogP) is 1.43. The molecule has 0 spiro atoms. The summed E-state index contributed by atoms with van der Waals surface area (Å²) in [6.45, 7) is 7.14. The molecule has 1 saturated heterocycles. The molecule has 2 aliphatic rings. The van der Waals surface area contributed by atoms with E-state index in [1.807, 2.05) is 27.8 Å². The molecule has 0 aromatic heterocycles. The lowest BCUT2D eigenvalue weighted by atomic mass is 9.81. The Morgan fingerprint density at radius 1 is 1.35 bits per heavy atom. The highest BCUT2D eigenvalue weighted by molar-refractivity contribution is 5.82. The van der Waals surface area contributed by atoms with E-state index in [1.165, 1.54) is 0 Å². The second-order valence-electron chi connectivity index (χ2n) is 6.70. The Balaban J connectivity index is 2.09. The summed E-state index contributed by atoms with van der Waals surface area (Å²) in [5.41, 5.74) is -0.606. The van der Waals surface area contributed by atoms with Crippen LogP contribution >= 0.6 is 0 Å². The Morgan fingerprint density at radius 2 is 2.00 bits per heavy atom. The Hall–Kier alpha value is -1.10. The Morgan fingerprint density at radius 3 is 2.50 bits per heavy atom. The minimum Gasteiger partial charge on any atom is -0.481 e. The number of likely N-dealkylation sites (N-methyl/N-ethyl adjacent to an activating group) is 1. The SMILES string of the molecule is CC(C(=O)N(C)C(C)C)N1C[C@@H]2CCC[C@@]2(C(=O)O)C1. The van der Waals surface area contributed by atoms with Gasteiger partial charge < -0.3 is 10.0 Å². The molecule has 1 unspecified atom stereocenters. The van der Waals surface area contributed by atoms with Gasteiger partial charge in [0.25, 0.3) is 0 Å². The number of carbonyl (C=O) groups excluding carboxylic acids is 1. The molecule has 2 rings (SSSR count). The van der Waals surface area contributed by atoms with E-state index in [2.05, 4.69) is 4.90 Å². The Labute approximate surface area is 120 Å². The molecule has 3 atom stereocenters. The Bertz CT molecular complexity index is 410. The van der Waals surface area contributed by atoms with E-state index in [4.69, 9.17) is 0 Å². The van der Waals surface area contributed by atoms with Gasteiger partial charge in [0.1, 0.15) is 0 Å². The molecule has 1 heterocycles. The summed E-state index contributed by atoms with van der Waals surface area (Å²) in [5, 5.41) is 9.59. The maximum absolute atomic E-state index is 12.4. The number of fused-ring (bicyclic) bond motifs is 1. The van der Waals surface area contributed by atoms with Gasteiger partial charge in [-0.3, -0.25) is 14.5 Å². The number of carboxylic acid groups (broad SMARTS) is 1. The standard InChI is InChI=1S/C15H26N2O3/c1-10(2)16(4)13(18)11(3)17-8-12-6-5-7-15(12,9-17)14(19)20/h10-12H,5-9H2,1-4H3,(H,19,20)/t11?,12-,15+/m0/s1. The number of carbonyl (C=O) groups is 2. The minimum absolute atomic E-state index is 0.0838. The number of hydrogen-bond donors (Lipinski definition) is 1. The fraction of sp³-hybridized carbons (Fsp3) is 0.867. The zero-order valence-corrected chi connectivity index (χ0v) is 12.9. The van der Waals surface area contributed by atoms with Crippen molar-refractivity contribution >= 4 is 11.9 Å². The van der Waals surface area contributed by atoms with E-state index < -0.39 is 11.4 Å². The summed E-state index contributed by atoms with van der Waals surface area (Å²) in [4.78, 5) is 27.9. The van der Waals surface area contributed by atoms with Crippen molar-refractivity contribution in [3.05, 3.63) is 0 Å². The van der Waals surface area contributed by atoms with E-state index in [-0.39, 0.29) is 23.9 Å². The first kappa shape index (κ1) is 15.3. The van der Waals surface area contributed by atoms with Crippen molar-refractivity contribution in [3.8, 4) is 0 Å². The van der Waals surface area contributed by atoms with Crippen LogP contribution in [0.15, 0.2) is 0 Å². The number of nitrogens with zero attached hydrogens (tertiary/aromatic N) is 2. The van der Waals surface area contributed by atoms with Gasteiger partial charge in [0.05, 0.1) is 11.5 Å². The van der Waals surface area contributed by atoms with Crippen molar-refractivity contribution < 1.29 is 14.7 Å². The van der Waals surface area contributed by atoms with Crippen LogP contribution < -0.4 is 0 Å². The first-order chi connectivity index (χ1) is 9.29. The average molecular weight is 282 g/mol. The summed E-state index contributed by atoms with van der Waals surface area (Å²) in [6, 6.07) is -0.0651. The zero-order chi connectivity index (χ0) is 15.1. The van der Waals surface area contributed by atoms with E-state index in [1.54, 1.807) is 4.90 Å². The third-order valence-electron chi connectivity index (χ3n) is 5.35. The molecule has 0 aromatic carbocycles. The van der Waals surface area contributed by atoms with Gasteiger partial charge >= 0.3 is 5.97 Å². The number of rotatable bonds is 4. The molecular formula is C15H26N2O3. The van der Waals surface area contributed by atoms with Crippen LogP contribution in [0.1, 0.15) is 40.0 Å². The monoisotopic (exact) mass is 282 g/mol. The van der Waals surface area contributed by atoms with E-state index in [0.717, 1.165) is 25.8 Å². The molecule has 114 valence electrons. The normalized spacial score (nSPS) is 31.4. The van der Waals surface area contributed by atoms with Crippen molar-refractivity contribution in [2.24, 2.45) is 11.3 Å². The summed E-state index contributed by atoms with van der Waals surface area (Å²) >= 11 is 0. The number of amides is 1. The third kappa shape index (κ3) is 2.32. The van der Waals surface area contributed by atoms with Crippen LogP contribution in [0, 0.1) is 11.3 Å². The number of carboxylic acids is 1. The highest BCUT2D eigenvalue weighted by Gasteiger charge is 2.56. The molecule has 1 aliphatic heterocycles. The van der Waals surface area contributed by atoms with Gasteiger partial charge in [0.2, 0.25) is 5.91 Å². The van der Waals surface area contributed by atoms with Crippen molar-refractivity contribution in [1.82, 2.24) is 9.80 Å². The average Bonchev–Trinajstić information content (AvgIpc) is 2.93. The topological polar surface area (TPSA) is 60.9 Å². The Kier molecular flexibility index (Phi) is 4.09. The van der Waals surface area contributed by atoms with Crippen LogP contribution in [-0.2, 0) is 9.59 Å². The van der Waals surface area contributed by atoms with Gasteiger partial charge in [-0.1, -0.05) is 6.42 Å². The van der Waals surface area contributed by atoms with Crippen molar-refractivity contribution in [2.45, 2.75) is 52.1 Å². The summed E-state index contributed by atoms with van der Waals surface area (Å²) in [7, 11) is 1.81. The molecule has 2 fully saturated rings. The van der Waals surface area contributed by atoms with Crippen LogP contribution in [-0.4, -0.2) is 59.0 Å². The summed E-state index contributed by atoms with van der Waals surface area (Å²) < 4.78 is 0. The van der Waals surface area contributed by atoms with Gasteiger partial charge in [-0.25, -0.2) is 0 Å². The lowest BCUT2D eigenvalue weighted by Crippen LogP contribution is -2.48. The molecule has 5 nitrogen and oxygen atoms in total. The molecule has 1 aliphatic carbocycles. The highest BCUT2D eigenvalue weighted by atomic mass is 16.4. The van der Waals surface area contributed by atoms with Gasteiger partial charge in [-0.2, -0.15) is 0 Å². The van der Waals surface area contributed by atoms with E-state index >= 15 is 0 Å². The van der Waals surface area contributed by atoms with Crippen molar-refractivity contribution in [2.75, 3.05) is 20.1 Å². The molecule has 1 amide bonds. The maximum atomic E-state index is 12.4. The van der Waals surface area contributed by atoms with Gasteiger partial charge in [0.15, 0.2) is 0 Å². The van der Waals surface area contributed by atoms with E-state index in [9.17, 15) is 14.7 Å². The molecule has 0 bridgehead atoms. The fourth-order valence-electron chi connectivity index (χ4n) is 3.68. The van der Waals surface area contributed by atoms with Crippen LogP contribution in [0.4, 0.5) is 0 Å². The second kappa shape index (κ2) is 5.35. The van der Waals surface area contributed by atoms with Crippen molar-refractivity contribution in [1.29, 1.82) is 0 Å². The second-order valence-corrected chi connectivity index (χ2v) is 6.70. The number of hydrogen-bond acceptors (Lipinski definition) is 3. The molecule has 20 heavy (non-hydrogen) atoms. The molecule has 1 saturated carbocycles. The zero-order valence-electron chi connectivity index (χ0n) is 12.9. The van der Waals surface area contributed by atoms with Crippen LogP contribution in [0.3, 0.4) is 0 Å². The summed E-state index contributed by atoms with van der Waals surface area (Å²) in [6.07, 6.45) is 2.73. The summed E-state index contributed by atoms with van der Waals surface area (Å²) in [5.74, 6) is -0.389. The molecular weight excluding hydrogens is 256 g/mol. The van der Waals surface area contributed by atoms with Crippen LogP contribution in [0.5, 0.6) is 0 Å².